The summed E-state index contributed by atoms with van der Waals surface area (Å²) in [6, 6.07) is 9.51. The fraction of sp³-hybridized carbons (Fsp3) is 0.583. The van der Waals surface area contributed by atoms with Gasteiger partial charge in [0.15, 0.2) is 5.69 Å². The van der Waals surface area contributed by atoms with Crippen molar-refractivity contribution >= 4 is 12.0 Å². The molecule has 3 rings (SSSR count). The zero-order chi connectivity index (χ0) is 23.8. The maximum absolute atomic E-state index is 13.8. The average molecular weight is 458 g/mol. The predicted molar refractivity (Wildman–Crippen MR) is 125 cm³/mol. The molecule has 0 unspecified atom stereocenters. The first-order valence-electron chi connectivity index (χ1n) is 11.7. The van der Waals surface area contributed by atoms with Crippen LogP contribution in [-0.2, 0) is 11.2 Å². The number of aromatic nitrogens is 3. The van der Waals surface area contributed by atoms with Gasteiger partial charge in [-0.25, -0.2) is 9.48 Å². The number of piperidine rings is 1. The summed E-state index contributed by atoms with van der Waals surface area (Å²) in [4.78, 5) is 28.6. The van der Waals surface area contributed by atoms with E-state index in [4.69, 9.17) is 4.74 Å². The molecule has 1 saturated heterocycles. The number of nitrogens with zero attached hydrogens (tertiary/aromatic N) is 5. The molecular weight excluding hydrogens is 422 g/mol. The summed E-state index contributed by atoms with van der Waals surface area (Å²) in [7, 11) is 1.68. The van der Waals surface area contributed by atoms with Gasteiger partial charge in [0.25, 0.3) is 5.91 Å². The first-order valence-corrected chi connectivity index (χ1v) is 11.7. The molecule has 1 aromatic heterocycles. The highest BCUT2D eigenvalue weighted by Crippen LogP contribution is 2.23. The predicted octanol–water partition coefficient (Wildman–Crippen LogP) is 3.48. The Morgan fingerprint density at radius 2 is 2.00 bits per heavy atom. The Morgan fingerprint density at radius 1 is 1.24 bits per heavy atom. The number of carboxylic acid groups (broad SMARTS) is 1. The lowest BCUT2D eigenvalue weighted by Crippen LogP contribution is -2.52. The molecule has 180 valence electrons. The van der Waals surface area contributed by atoms with E-state index in [-0.39, 0.29) is 17.9 Å². The molecule has 1 aromatic carbocycles. The number of para-hydroxylation sites is 1. The van der Waals surface area contributed by atoms with Crippen molar-refractivity contribution < 1.29 is 19.4 Å². The summed E-state index contributed by atoms with van der Waals surface area (Å²) >= 11 is 0. The summed E-state index contributed by atoms with van der Waals surface area (Å²) in [5.74, 6) is 0.0633. The van der Waals surface area contributed by atoms with Crippen molar-refractivity contribution in [1.82, 2.24) is 24.8 Å². The Hall–Kier alpha value is -2.94. The van der Waals surface area contributed by atoms with Crippen LogP contribution < -0.4 is 0 Å². The normalized spacial score (nSPS) is 16.2. The molecular formula is C24H35N5O4. The van der Waals surface area contributed by atoms with Gasteiger partial charge in [0.1, 0.15) is 0 Å². The Kier molecular flexibility index (Phi) is 8.82. The van der Waals surface area contributed by atoms with E-state index < -0.39 is 6.09 Å². The maximum Gasteiger partial charge on any atom is 0.407 e. The number of carbonyl (C=O) groups is 2. The van der Waals surface area contributed by atoms with Crippen molar-refractivity contribution in [2.45, 2.75) is 52.0 Å². The number of carbonyl (C=O) groups excluding carboxylic acids is 1. The first-order chi connectivity index (χ1) is 15.9. The van der Waals surface area contributed by atoms with Gasteiger partial charge in [-0.05, 0) is 50.2 Å². The largest absolute Gasteiger partial charge is 0.465 e. The van der Waals surface area contributed by atoms with E-state index in [9.17, 15) is 14.7 Å². The Labute approximate surface area is 195 Å². The number of benzene rings is 1. The highest BCUT2D eigenvalue weighted by atomic mass is 16.5. The third-order valence-corrected chi connectivity index (χ3v) is 5.91. The zero-order valence-corrected chi connectivity index (χ0v) is 19.8. The lowest BCUT2D eigenvalue weighted by atomic mass is 10.0. The minimum absolute atomic E-state index is 0.173. The van der Waals surface area contributed by atoms with Gasteiger partial charge in [-0.2, -0.15) is 0 Å². The van der Waals surface area contributed by atoms with E-state index in [2.05, 4.69) is 24.2 Å². The molecule has 2 heterocycles. The highest BCUT2D eigenvalue weighted by Gasteiger charge is 2.34. The van der Waals surface area contributed by atoms with Crippen molar-refractivity contribution in [3.05, 3.63) is 41.7 Å². The van der Waals surface area contributed by atoms with Crippen LogP contribution in [0.2, 0.25) is 0 Å². The molecule has 1 aliphatic heterocycles. The van der Waals surface area contributed by atoms with Gasteiger partial charge in [-0.15, -0.1) is 5.10 Å². The number of hydrogen-bond donors (Lipinski definition) is 1. The molecule has 1 fully saturated rings. The number of methoxy groups -OCH3 is 1. The van der Waals surface area contributed by atoms with Gasteiger partial charge in [0.05, 0.1) is 11.4 Å². The molecule has 1 N–H and O–H groups in total. The van der Waals surface area contributed by atoms with Crippen LogP contribution in [0.5, 0.6) is 0 Å². The molecule has 1 aliphatic rings. The molecule has 9 heteroatoms. The lowest BCUT2D eigenvalue weighted by molar-refractivity contribution is 0.0498. The van der Waals surface area contributed by atoms with Crippen LogP contribution >= 0.6 is 0 Å². The van der Waals surface area contributed by atoms with Gasteiger partial charge in [-0.1, -0.05) is 37.3 Å². The number of ether oxygens (including phenoxy) is 1. The van der Waals surface area contributed by atoms with Crippen LogP contribution in [0.15, 0.2) is 30.3 Å². The highest BCUT2D eigenvalue weighted by molar-refractivity contribution is 5.93. The Balaban J connectivity index is 1.92. The fourth-order valence-electron chi connectivity index (χ4n) is 4.32. The second-order valence-corrected chi connectivity index (χ2v) is 8.96. The summed E-state index contributed by atoms with van der Waals surface area (Å²) in [5, 5.41) is 18.1. The number of likely N-dealkylation sites (tertiary alicyclic amines) is 1. The third-order valence-electron chi connectivity index (χ3n) is 5.91. The van der Waals surface area contributed by atoms with Crippen LogP contribution in [0.1, 0.15) is 55.7 Å². The lowest BCUT2D eigenvalue weighted by Gasteiger charge is -2.39. The fourth-order valence-corrected chi connectivity index (χ4v) is 4.32. The second-order valence-electron chi connectivity index (χ2n) is 8.96. The Morgan fingerprint density at radius 3 is 2.67 bits per heavy atom. The summed E-state index contributed by atoms with van der Waals surface area (Å²) < 4.78 is 6.93. The third kappa shape index (κ3) is 6.31. The Bertz CT molecular complexity index is 915. The zero-order valence-electron chi connectivity index (χ0n) is 19.8. The van der Waals surface area contributed by atoms with Gasteiger partial charge in [0.2, 0.25) is 0 Å². The molecule has 0 saturated carbocycles. The molecule has 33 heavy (non-hydrogen) atoms. The maximum atomic E-state index is 13.8. The van der Waals surface area contributed by atoms with Gasteiger partial charge in [0, 0.05) is 39.4 Å². The van der Waals surface area contributed by atoms with Gasteiger partial charge < -0.3 is 19.6 Å². The van der Waals surface area contributed by atoms with Crippen molar-refractivity contribution in [3.8, 4) is 5.69 Å². The molecule has 9 nitrogen and oxygen atoms in total. The molecule has 0 bridgehead atoms. The first kappa shape index (κ1) is 24.7. The number of hydrogen-bond acceptors (Lipinski definition) is 5. The van der Waals surface area contributed by atoms with Gasteiger partial charge in [-0.3, -0.25) is 4.79 Å². The van der Waals surface area contributed by atoms with E-state index in [1.54, 1.807) is 11.8 Å². The van der Waals surface area contributed by atoms with Gasteiger partial charge >= 0.3 is 6.09 Å². The van der Waals surface area contributed by atoms with Crippen LogP contribution in [0.3, 0.4) is 0 Å². The van der Waals surface area contributed by atoms with E-state index in [1.807, 2.05) is 35.2 Å². The molecule has 0 aliphatic carbocycles. The van der Waals surface area contributed by atoms with Crippen molar-refractivity contribution in [3.63, 3.8) is 0 Å². The van der Waals surface area contributed by atoms with E-state index in [0.29, 0.717) is 38.4 Å². The van der Waals surface area contributed by atoms with Crippen molar-refractivity contribution in [2.75, 3.05) is 33.4 Å². The minimum atomic E-state index is -0.939. The summed E-state index contributed by atoms with van der Waals surface area (Å²) in [5.41, 5.74) is 1.99. The molecule has 2 amide bonds. The van der Waals surface area contributed by atoms with Crippen molar-refractivity contribution in [1.29, 1.82) is 0 Å². The monoisotopic (exact) mass is 457 g/mol. The van der Waals surface area contributed by atoms with Crippen LogP contribution in [0, 0.1) is 5.92 Å². The topological polar surface area (TPSA) is 101 Å². The van der Waals surface area contributed by atoms with Crippen LogP contribution in [0.25, 0.3) is 5.69 Å². The molecule has 0 radical (unpaired) electrons. The van der Waals surface area contributed by atoms with Crippen LogP contribution in [0.4, 0.5) is 4.79 Å². The average Bonchev–Trinajstić information content (AvgIpc) is 3.24. The number of amides is 2. The van der Waals surface area contributed by atoms with E-state index in [1.165, 1.54) is 4.90 Å². The smallest absolute Gasteiger partial charge is 0.407 e. The van der Waals surface area contributed by atoms with E-state index >= 15 is 0 Å². The second kappa shape index (κ2) is 11.8. The quantitative estimate of drug-likeness (QED) is 0.548. The summed E-state index contributed by atoms with van der Waals surface area (Å²) in [6.07, 6.45) is 2.93. The SMILES string of the molecule is COCCCCc1c(C(=O)N(CC(C)C)[C@H]2CCCN(C(=O)O)C2)nnn1-c1ccccc1. The standard InChI is InChI=1S/C24H35N5O4/c1-18(2)16-28(20-12-9-14-27(17-20)24(31)32)23(30)22-21(13-7-8-15-33-3)29(26-25-22)19-10-5-4-6-11-19/h4-6,10-11,18,20H,7-9,12-17H2,1-3H3,(H,31,32)/t20-/m0/s1. The summed E-state index contributed by atoms with van der Waals surface area (Å²) in [6.45, 7) is 6.14. The van der Waals surface area contributed by atoms with Crippen molar-refractivity contribution in [2.24, 2.45) is 5.92 Å². The molecule has 0 spiro atoms. The minimum Gasteiger partial charge on any atom is -0.465 e. The number of rotatable bonds is 10. The molecule has 2 aromatic rings. The van der Waals surface area contributed by atoms with Crippen LogP contribution in [-0.4, -0.2) is 81.3 Å². The molecule has 1 atom stereocenters. The number of unbranched alkanes of at least 4 members (excludes halogenated alkanes) is 1. The van der Waals surface area contributed by atoms with E-state index in [0.717, 1.165) is 37.1 Å².